The van der Waals surface area contributed by atoms with Gasteiger partial charge < -0.3 is 20.5 Å². The van der Waals surface area contributed by atoms with Crippen molar-refractivity contribution in [1.29, 1.82) is 0 Å². The minimum atomic E-state index is -0.543. The molecule has 3 N–H and O–H groups in total. The number of rotatable bonds is 3. The molecule has 1 amide bonds. The van der Waals surface area contributed by atoms with Crippen molar-refractivity contribution >= 4 is 18.3 Å². The van der Waals surface area contributed by atoms with Gasteiger partial charge in [-0.1, -0.05) is 26.8 Å². The average molecular weight is 315 g/mol. The Bertz CT molecular complexity index is 514. The number of ether oxygens (including phenoxy) is 2. The van der Waals surface area contributed by atoms with Gasteiger partial charge in [0.25, 0.3) is 0 Å². The topological polar surface area (TPSA) is 73.6 Å². The molecule has 6 heteroatoms. The second-order valence-corrected chi connectivity index (χ2v) is 6.19. The Balaban J connectivity index is 0.00000220. The normalized spacial score (nSPS) is 15.9. The standard InChI is InChI=1S/C15H22N2O3.ClH/c1-9(17-14(18)13(16)15(2,3)4)10-5-6-11-12(7-10)20-8-19-11;/h5-7,9,13H,8,16H2,1-4H3,(H,17,18);1H/t9?,13-;/m1./s1. The first-order chi connectivity index (χ1) is 9.29. The zero-order valence-corrected chi connectivity index (χ0v) is 13.6. The summed E-state index contributed by atoms with van der Waals surface area (Å²) in [4.78, 5) is 12.1. The van der Waals surface area contributed by atoms with Crippen LogP contribution in [-0.4, -0.2) is 18.7 Å². The molecule has 5 nitrogen and oxygen atoms in total. The predicted octanol–water partition coefficient (Wildman–Crippen LogP) is 2.39. The monoisotopic (exact) mass is 314 g/mol. The van der Waals surface area contributed by atoms with Gasteiger partial charge in [0.1, 0.15) is 0 Å². The van der Waals surface area contributed by atoms with E-state index < -0.39 is 6.04 Å². The van der Waals surface area contributed by atoms with Crippen LogP contribution in [0.3, 0.4) is 0 Å². The van der Waals surface area contributed by atoms with E-state index in [1.807, 2.05) is 45.9 Å². The minimum Gasteiger partial charge on any atom is -0.454 e. The minimum absolute atomic E-state index is 0. The molecular weight excluding hydrogens is 292 g/mol. The van der Waals surface area contributed by atoms with E-state index in [9.17, 15) is 4.79 Å². The van der Waals surface area contributed by atoms with Gasteiger partial charge in [0.2, 0.25) is 12.7 Å². The van der Waals surface area contributed by atoms with Gasteiger partial charge in [-0.3, -0.25) is 4.79 Å². The van der Waals surface area contributed by atoms with Crippen molar-refractivity contribution in [3.8, 4) is 11.5 Å². The number of carbonyl (C=O) groups excluding carboxylic acids is 1. The maximum Gasteiger partial charge on any atom is 0.237 e. The number of fused-ring (bicyclic) bond motifs is 1. The van der Waals surface area contributed by atoms with E-state index in [-0.39, 0.29) is 36.6 Å². The fourth-order valence-electron chi connectivity index (χ4n) is 1.96. The predicted molar refractivity (Wildman–Crippen MR) is 83.8 cm³/mol. The van der Waals surface area contributed by atoms with Crippen LogP contribution < -0.4 is 20.5 Å². The fourth-order valence-corrected chi connectivity index (χ4v) is 1.96. The lowest BCUT2D eigenvalue weighted by molar-refractivity contribution is -0.125. The van der Waals surface area contributed by atoms with Crippen LogP contribution >= 0.6 is 12.4 Å². The molecule has 2 atom stereocenters. The van der Waals surface area contributed by atoms with E-state index in [1.54, 1.807) is 0 Å². The lowest BCUT2D eigenvalue weighted by Gasteiger charge is -2.27. The molecule has 1 aliphatic rings. The summed E-state index contributed by atoms with van der Waals surface area (Å²) in [5.41, 5.74) is 6.65. The zero-order chi connectivity index (χ0) is 14.9. The van der Waals surface area contributed by atoms with E-state index in [4.69, 9.17) is 15.2 Å². The molecule has 0 radical (unpaired) electrons. The van der Waals surface area contributed by atoms with Gasteiger partial charge in [0, 0.05) is 0 Å². The Labute approximate surface area is 131 Å². The Morgan fingerprint density at radius 1 is 1.29 bits per heavy atom. The van der Waals surface area contributed by atoms with Gasteiger partial charge in [0.15, 0.2) is 11.5 Å². The first kappa shape index (κ1) is 17.6. The van der Waals surface area contributed by atoms with Crippen LogP contribution in [0.5, 0.6) is 11.5 Å². The largest absolute Gasteiger partial charge is 0.454 e. The Hall–Kier alpha value is -1.46. The van der Waals surface area contributed by atoms with Gasteiger partial charge in [-0.25, -0.2) is 0 Å². The molecule has 0 saturated carbocycles. The van der Waals surface area contributed by atoms with Crippen LogP contribution in [0.1, 0.15) is 39.3 Å². The number of carbonyl (C=O) groups is 1. The Morgan fingerprint density at radius 3 is 2.52 bits per heavy atom. The highest BCUT2D eigenvalue weighted by Gasteiger charge is 2.28. The maximum atomic E-state index is 12.1. The number of nitrogens with one attached hydrogen (secondary N) is 1. The van der Waals surface area contributed by atoms with Crippen molar-refractivity contribution in [2.45, 2.75) is 39.8 Å². The van der Waals surface area contributed by atoms with E-state index in [0.717, 1.165) is 11.3 Å². The quantitative estimate of drug-likeness (QED) is 0.898. The second-order valence-electron chi connectivity index (χ2n) is 6.19. The van der Waals surface area contributed by atoms with Crippen molar-refractivity contribution in [3.05, 3.63) is 23.8 Å². The number of benzene rings is 1. The molecule has 1 heterocycles. The average Bonchev–Trinajstić information content (AvgIpc) is 2.83. The van der Waals surface area contributed by atoms with Crippen molar-refractivity contribution in [2.24, 2.45) is 11.1 Å². The Kier molecular flexibility index (Phi) is 5.48. The van der Waals surface area contributed by atoms with Crippen molar-refractivity contribution in [1.82, 2.24) is 5.32 Å². The molecule has 1 unspecified atom stereocenters. The number of nitrogens with two attached hydrogens (primary N) is 1. The molecule has 0 saturated heterocycles. The Morgan fingerprint density at radius 2 is 1.90 bits per heavy atom. The maximum absolute atomic E-state index is 12.1. The summed E-state index contributed by atoms with van der Waals surface area (Å²) in [5, 5.41) is 2.93. The summed E-state index contributed by atoms with van der Waals surface area (Å²) >= 11 is 0. The summed E-state index contributed by atoms with van der Waals surface area (Å²) in [6, 6.07) is 4.98. The van der Waals surface area contributed by atoms with Gasteiger partial charge in [-0.05, 0) is 30.0 Å². The molecule has 0 aromatic heterocycles. The summed E-state index contributed by atoms with van der Waals surface area (Å²) in [7, 11) is 0. The number of hydrogen-bond donors (Lipinski definition) is 2. The third-order valence-electron chi connectivity index (χ3n) is 3.47. The van der Waals surface area contributed by atoms with Crippen molar-refractivity contribution in [2.75, 3.05) is 6.79 Å². The molecule has 1 aliphatic heterocycles. The molecule has 21 heavy (non-hydrogen) atoms. The first-order valence-corrected chi connectivity index (χ1v) is 6.74. The van der Waals surface area contributed by atoms with Gasteiger partial charge in [0.05, 0.1) is 12.1 Å². The first-order valence-electron chi connectivity index (χ1n) is 6.74. The zero-order valence-electron chi connectivity index (χ0n) is 12.8. The SMILES string of the molecule is CC(NC(=O)[C@@H](N)C(C)(C)C)c1ccc2c(c1)OCO2.Cl. The lowest BCUT2D eigenvalue weighted by Crippen LogP contribution is -2.49. The highest BCUT2D eigenvalue weighted by atomic mass is 35.5. The smallest absolute Gasteiger partial charge is 0.237 e. The van der Waals surface area contributed by atoms with Crippen LogP contribution in [0, 0.1) is 5.41 Å². The van der Waals surface area contributed by atoms with E-state index >= 15 is 0 Å². The number of amides is 1. The number of halogens is 1. The molecule has 0 spiro atoms. The third-order valence-corrected chi connectivity index (χ3v) is 3.47. The highest BCUT2D eigenvalue weighted by molar-refractivity contribution is 5.85. The van der Waals surface area contributed by atoms with Crippen LogP contribution in [-0.2, 0) is 4.79 Å². The van der Waals surface area contributed by atoms with Crippen LogP contribution in [0.2, 0.25) is 0 Å². The van der Waals surface area contributed by atoms with Gasteiger partial charge in [-0.2, -0.15) is 0 Å². The van der Waals surface area contributed by atoms with Crippen molar-refractivity contribution < 1.29 is 14.3 Å². The highest BCUT2D eigenvalue weighted by Crippen LogP contribution is 2.34. The molecule has 0 fully saturated rings. The second kappa shape index (κ2) is 6.54. The van der Waals surface area contributed by atoms with Gasteiger partial charge >= 0.3 is 0 Å². The number of hydrogen-bond acceptors (Lipinski definition) is 4. The molecule has 1 aromatic rings. The van der Waals surface area contributed by atoms with Gasteiger partial charge in [-0.15, -0.1) is 12.4 Å². The summed E-state index contributed by atoms with van der Waals surface area (Å²) < 4.78 is 10.6. The van der Waals surface area contributed by atoms with Crippen LogP contribution in [0.4, 0.5) is 0 Å². The van der Waals surface area contributed by atoms with E-state index in [2.05, 4.69) is 5.32 Å². The summed E-state index contributed by atoms with van der Waals surface area (Å²) in [6.07, 6.45) is 0. The fraction of sp³-hybridized carbons (Fsp3) is 0.533. The summed E-state index contributed by atoms with van der Waals surface area (Å²) in [6.45, 7) is 8.01. The molecular formula is C15H23ClN2O3. The molecule has 0 aliphatic carbocycles. The summed E-state index contributed by atoms with van der Waals surface area (Å²) in [5.74, 6) is 1.30. The third kappa shape index (κ3) is 4.02. The lowest BCUT2D eigenvalue weighted by atomic mass is 9.86. The molecule has 118 valence electrons. The molecule has 1 aromatic carbocycles. The molecule has 0 bridgehead atoms. The van der Waals surface area contributed by atoms with Crippen LogP contribution in [0.25, 0.3) is 0 Å². The van der Waals surface area contributed by atoms with Crippen molar-refractivity contribution in [3.63, 3.8) is 0 Å². The van der Waals surface area contributed by atoms with Crippen LogP contribution in [0.15, 0.2) is 18.2 Å². The van der Waals surface area contributed by atoms with E-state index in [0.29, 0.717) is 5.75 Å². The van der Waals surface area contributed by atoms with E-state index in [1.165, 1.54) is 0 Å². The molecule has 2 rings (SSSR count).